The predicted octanol–water partition coefficient (Wildman–Crippen LogP) is 6.21. The zero-order valence-electron chi connectivity index (χ0n) is 11.4. The van der Waals surface area contributed by atoms with Gasteiger partial charge in [-0.25, -0.2) is 0 Å². The second-order valence-electron chi connectivity index (χ2n) is 4.57. The van der Waals surface area contributed by atoms with Gasteiger partial charge in [-0.1, -0.05) is 13.3 Å². The van der Waals surface area contributed by atoms with E-state index in [9.17, 15) is 4.79 Å². The van der Waals surface area contributed by atoms with Crippen molar-refractivity contribution in [2.75, 3.05) is 5.75 Å². The number of thioether (sulfide) groups is 1. The summed E-state index contributed by atoms with van der Waals surface area (Å²) in [5.74, 6) is 1.87. The standard InChI is InChI=1S/C12H21OS.Al.4ClH/c1-3-4-9-14-12-8-6-5-7-11(12)10(2)13;;;;;/h11H,3-9H2,1-2H3;;4*1H/q+1;+3;;;;/p-4. The quantitative estimate of drug-likeness (QED) is 0.320. The Labute approximate surface area is 140 Å². The largest absolute Gasteiger partial charge is 0.564 e. The van der Waals surface area contributed by atoms with Crippen LogP contribution in [0.2, 0.25) is 0 Å². The van der Waals surface area contributed by atoms with Gasteiger partial charge in [0.1, 0.15) is 6.42 Å². The van der Waals surface area contributed by atoms with E-state index in [0.717, 1.165) is 6.42 Å². The number of hydrogen-bond donors (Lipinski definition) is 0. The van der Waals surface area contributed by atoms with Crippen molar-refractivity contribution in [1.29, 1.82) is 0 Å². The van der Waals surface area contributed by atoms with Crippen LogP contribution in [0.15, 0.2) is 0 Å². The summed E-state index contributed by atoms with van der Waals surface area (Å²) in [5, 5.41) is 1.47. The first-order valence-electron chi connectivity index (χ1n) is 6.62. The van der Waals surface area contributed by atoms with Gasteiger partial charge in [-0.05, 0) is 32.6 Å². The maximum Gasteiger partial charge on any atom is 0.564 e. The molecule has 0 aromatic rings. The molecule has 0 aliphatic heterocycles. The molecule has 1 saturated carbocycles. The Hall–Kier alpha value is 1.58. The molecule has 0 aromatic carbocycles. The molecule has 0 N–H and O–H groups in total. The van der Waals surface area contributed by atoms with E-state index in [1.54, 1.807) is 6.92 Å². The van der Waals surface area contributed by atoms with Crippen molar-refractivity contribution in [2.45, 2.75) is 52.4 Å². The Morgan fingerprint density at radius 1 is 1.32 bits per heavy atom. The number of Topliss-reactive ketones (excluding diaryl/α,β-unsaturated/α-hetero) is 1. The predicted molar refractivity (Wildman–Crippen MR) is 92.4 cm³/mol. The number of ketones is 1. The molecule has 1 aliphatic carbocycles. The third-order valence-corrected chi connectivity index (χ3v) is 4.18. The second kappa shape index (κ2) is 11.2. The molecule has 0 aromatic heterocycles. The first kappa shape index (κ1) is 20.6. The van der Waals surface area contributed by atoms with Gasteiger partial charge >= 0.3 is 9.39 Å². The minimum atomic E-state index is -2.94. The highest BCUT2D eigenvalue weighted by Gasteiger charge is 2.39. The third-order valence-electron chi connectivity index (χ3n) is 2.83. The summed E-state index contributed by atoms with van der Waals surface area (Å²) in [6, 6.07) is 0. The Kier molecular flexibility index (Phi) is 12.1. The average molecular weight is 382 g/mol. The van der Waals surface area contributed by atoms with E-state index in [0.29, 0.717) is 5.78 Å². The number of carbonyl (C=O) groups is 1. The van der Waals surface area contributed by atoms with Crippen molar-refractivity contribution >= 4 is 67.1 Å². The van der Waals surface area contributed by atoms with E-state index in [1.165, 1.54) is 43.1 Å². The molecule has 7 heteroatoms. The van der Waals surface area contributed by atoms with E-state index < -0.39 is 9.39 Å². The van der Waals surface area contributed by atoms with Crippen molar-refractivity contribution in [3.8, 4) is 0 Å². The lowest BCUT2D eigenvalue weighted by Crippen LogP contribution is -2.21. The van der Waals surface area contributed by atoms with E-state index in [2.05, 4.69) is 6.92 Å². The fourth-order valence-corrected chi connectivity index (χ4v) is 3.40. The van der Waals surface area contributed by atoms with Crippen LogP contribution >= 0.6 is 52.0 Å². The Morgan fingerprint density at radius 3 is 2.37 bits per heavy atom. The van der Waals surface area contributed by atoms with E-state index in [1.807, 2.05) is 11.8 Å². The normalized spacial score (nSPS) is 19.7. The summed E-state index contributed by atoms with van der Waals surface area (Å²) in [6.07, 6.45) is 7.34. The summed E-state index contributed by atoms with van der Waals surface area (Å²) in [4.78, 5) is 11.4. The lowest BCUT2D eigenvalue weighted by atomic mass is 9.86. The van der Waals surface area contributed by atoms with Crippen molar-refractivity contribution in [2.24, 2.45) is 5.92 Å². The molecule has 0 heterocycles. The smallest absolute Gasteiger partial charge is 0.391 e. The van der Waals surface area contributed by atoms with Crippen LogP contribution < -0.4 is 0 Å². The van der Waals surface area contributed by atoms with Crippen LogP contribution in [0, 0.1) is 11.2 Å². The van der Waals surface area contributed by atoms with Gasteiger partial charge in [0.25, 0.3) is 0 Å². The number of hydrogen-bond acceptors (Lipinski definition) is 2. The molecular formula is C12H21AlCl4OS. The summed E-state index contributed by atoms with van der Waals surface area (Å²) in [6.45, 7) is 3.96. The van der Waals surface area contributed by atoms with Gasteiger partial charge in [0, 0.05) is 5.75 Å². The van der Waals surface area contributed by atoms with Gasteiger partial charge in [-0.2, -0.15) is 0 Å². The molecule has 1 aliphatic rings. The minimum absolute atomic E-state index is 0.283. The zero-order valence-corrected chi connectivity index (χ0v) is 16.4. The summed E-state index contributed by atoms with van der Waals surface area (Å²) in [7, 11) is 17.0. The van der Waals surface area contributed by atoms with Gasteiger partial charge in [0.15, 0.2) is 17.0 Å². The van der Waals surface area contributed by atoms with Crippen LogP contribution in [-0.2, 0) is 4.79 Å². The molecule has 1 unspecified atom stereocenters. The first-order valence-corrected chi connectivity index (χ1v) is 14.6. The summed E-state index contributed by atoms with van der Waals surface area (Å²) < 4.78 is 0. The number of halogens is 4. The van der Waals surface area contributed by atoms with Crippen molar-refractivity contribution in [3.63, 3.8) is 0 Å². The molecule has 0 saturated heterocycles. The Bertz CT molecular complexity index is 255. The number of rotatable bonds is 5. The molecule has 0 radical (unpaired) electrons. The van der Waals surface area contributed by atoms with Crippen molar-refractivity contribution < 1.29 is 4.79 Å². The molecule has 1 nitrogen and oxygen atoms in total. The van der Waals surface area contributed by atoms with Gasteiger partial charge < -0.3 is 40.2 Å². The van der Waals surface area contributed by atoms with Crippen LogP contribution in [0.4, 0.5) is 0 Å². The maximum absolute atomic E-state index is 11.4. The second-order valence-corrected chi connectivity index (χ2v) is 18.7. The van der Waals surface area contributed by atoms with Crippen LogP contribution in [-0.4, -0.2) is 20.9 Å². The lowest BCUT2D eigenvalue weighted by Gasteiger charge is -2.18. The van der Waals surface area contributed by atoms with Crippen LogP contribution in [0.25, 0.3) is 0 Å². The van der Waals surface area contributed by atoms with Crippen LogP contribution in [0.1, 0.15) is 52.4 Å². The molecule has 0 spiro atoms. The first-order chi connectivity index (χ1) is 8.75. The topological polar surface area (TPSA) is 17.1 Å². The van der Waals surface area contributed by atoms with E-state index in [4.69, 9.17) is 40.2 Å². The fraction of sp³-hybridized carbons (Fsp3) is 0.833. The summed E-state index contributed by atoms with van der Waals surface area (Å²) >= 11 is 1.95. The van der Waals surface area contributed by atoms with Crippen molar-refractivity contribution in [1.82, 2.24) is 0 Å². The maximum atomic E-state index is 11.4. The third kappa shape index (κ3) is 13.0. The fourth-order valence-electron chi connectivity index (χ4n) is 1.93. The molecule has 0 amide bonds. The average Bonchev–Trinajstić information content (AvgIpc) is 2.27. The van der Waals surface area contributed by atoms with Gasteiger partial charge in [0.05, 0.1) is 11.8 Å². The van der Waals surface area contributed by atoms with Gasteiger partial charge in [-0.3, -0.25) is 4.79 Å². The Balaban J connectivity index is 0.000000555. The van der Waals surface area contributed by atoms with Crippen molar-refractivity contribution in [3.05, 3.63) is 5.25 Å². The highest BCUT2D eigenvalue weighted by atomic mass is 35.9. The molecule has 112 valence electrons. The minimum Gasteiger partial charge on any atom is -0.391 e. The van der Waals surface area contributed by atoms with Crippen LogP contribution in [0.3, 0.4) is 0 Å². The van der Waals surface area contributed by atoms with E-state index >= 15 is 0 Å². The highest BCUT2D eigenvalue weighted by Crippen LogP contribution is 2.40. The SMILES string of the molecule is CCCCS[C+]1CCCCC1C(C)=O.[Cl][Al-]([Cl])([Cl])[Cl]. The number of carbonyl (C=O) groups excluding carboxylic acids is 1. The van der Waals surface area contributed by atoms with Gasteiger partial charge in [-0.15, -0.1) is 0 Å². The molecule has 1 atom stereocenters. The van der Waals surface area contributed by atoms with Crippen LogP contribution in [0.5, 0.6) is 0 Å². The molecular weight excluding hydrogens is 361 g/mol. The lowest BCUT2D eigenvalue weighted by molar-refractivity contribution is -0.120. The number of unbranched alkanes of at least 4 members (excludes halogenated alkanes) is 1. The molecule has 0 bridgehead atoms. The van der Waals surface area contributed by atoms with Gasteiger partial charge in [0.2, 0.25) is 0 Å². The van der Waals surface area contributed by atoms with E-state index in [-0.39, 0.29) is 5.92 Å². The Morgan fingerprint density at radius 2 is 1.89 bits per heavy atom. The molecule has 1 rings (SSSR count). The monoisotopic (exact) mass is 380 g/mol. The summed E-state index contributed by atoms with van der Waals surface area (Å²) in [5.41, 5.74) is 0. The zero-order chi connectivity index (χ0) is 14.9. The molecule has 1 fully saturated rings. The highest BCUT2D eigenvalue weighted by molar-refractivity contribution is 8.02. The molecule has 19 heavy (non-hydrogen) atoms.